The van der Waals surface area contributed by atoms with E-state index in [2.05, 4.69) is 15.3 Å². The van der Waals surface area contributed by atoms with E-state index in [1.807, 2.05) is 49.6 Å². The highest BCUT2D eigenvalue weighted by Gasteiger charge is 2.21. The van der Waals surface area contributed by atoms with Crippen LogP contribution >= 0.6 is 11.6 Å². The highest BCUT2D eigenvalue weighted by Crippen LogP contribution is 2.21. The van der Waals surface area contributed by atoms with Gasteiger partial charge in [0.1, 0.15) is 6.33 Å². The van der Waals surface area contributed by atoms with Crippen LogP contribution in [0.5, 0.6) is 0 Å². The predicted octanol–water partition coefficient (Wildman–Crippen LogP) is 2.44. The summed E-state index contributed by atoms with van der Waals surface area (Å²) in [6, 6.07) is 7.55. The Kier molecular flexibility index (Phi) is 3.48. The van der Waals surface area contributed by atoms with E-state index in [0.29, 0.717) is 17.2 Å². The van der Waals surface area contributed by atoms with Gasteiger partial charge in [-0.25, -0.2) is 4.68 Å². The second kappa shape index (κ2) is 5.21. The molecule has 6 nitrogen and oxygen atoms in total. The zero-order valence-electron chi connectivity index (χ0n) is 12.6. The van der Waals surface area contributed by atoms with Crippen molar-refractivity contribution in [3.63, 3.8) is 0 Å². The Bertz CT molecular complexity index is 891. The van der Waals surface area contributed by atoms with E-state index < -0.39 is 0 Å². The van der Waals surface area contributed by atoms with E-state index in [9.17, 15) is 4.79 Å². The third-order valence-electron chi connectivity index (χ3n) is 3.43. The fourth-order valence-corrected chi connectivity index (χ4v) is 2.49. The lowest BCUT2D eigenvalue weighted by Gasteiger charge is -2.24. The summed E-state index contributed by atoms with van der Waals surface area (Å²) in [6.45, 7) is 6.54. The number of hydrogen-bond acceptors (Lipinski definition) is 4. The van der Waals surface area contributed by atoms with Gasteiger partial charge in [-0.2, -0.15) is 4.98 Å². The normalized spacial score (nSPS) is 12.0. The standard InChI is InChI=1S/C15H16ClN5O/c1-15(2,3)20-9-17-13(22)12-14(20)21(19-18-12)8-10-6-4-5-7-11(10)16/h4-7,9H,8H2,1-3H3. The van der Waals surface area contributed by atoms with Crippen LogP contribution in [0.2, 0.25) is 5.02 Å². The van der Waals surface area contributed by atoms with Gasteiger partial charge in [0.15, 0.2) is 11.2 Å². The molecule has 7 heteroatoms. The summed E-state index contributed by atoms with van der Waals surface area (Å²) >= 11 is 6.21. The Morgan fingerprint density at radius 1 is 1.23 bits per heavy atom. The Morgan fingerprint density at radius 2 is 1.95 bits per heavy atom. The van der Waals surface area contributed by atoms with Gasteiger partial charge in [0, 0.05) is 10.6 Å². The maximum atomic E-state index is 11.9. The molecule has 3 aromatic rings. The van der Waals surface area contributed by atoms with Crippen LogP contribution in [0.1, 0.15) is 26.3 Å². The average Bonchev–Trinajstić information content (AvgIpc) is 2.85. The number of aromatic nitrogens is 5. The summed E-state index contributed by atoms with van der Waals surface area (Å²) in [5.74, 6) is 0. The Labute approximate surface area is 132 Å². The zero-order chi connectivity index (χ0) is 15.9. The molecular weight excluding hydrogens is 302 g/mol. The molecule has 0 saturated heterocycles. The van der Waals surface area contributed by atoms with Crippen molar-refractivity contribution >= 4 is 22.8 Å². The van der Waals surface area contributed by atoms with E-state index in [1.54, 1.807) is 4.68 Å². The Hall–Kier alpha value is -2.21. The van der Waals surface area contributed by atoms with Crippen LogP contribution in [0.25, 0.3) is 11.2 Å². The summed E-state index contributed by atoms with van der Waals surface area (Å²) in [5.41, 5.74) is 1.21. The van der Waals surface area contributed by atoms with Gasteiger partial charge < -0.3 is 4.57 Å². The summed E-state index contributed by atoms with van der Waals surface area (Å²) in [5, 5.41) is 8.76. The van der Waals surface area contributed by atoms with Crippen molar-refractivity contribution in [2.75, 3.05) is 0 Å². The van der Waals surface area contributed by atoms with E-state index in [1.165, 1.54) is 6.33 Å². The quantitative estimate of drug-likeness (QED) is 0.728. The van der Waals surface area contributed by atoms with Crippen LogP contribution < -0.4 is 5.56 Å². The van der Waals surface area contributed by atoms with Gasteiger partial charge in [-0.15, -0.1) is 5.10 Å². The minimum absolute atomic E-state index is 0.251. The first-order valence-corrected chi connectivity index (χ1v) is 7.30. The van der Waals surface area contributed by atoms with Gasteiger partial charge >= 0.3 is 5.56 Å². The fraction of sp³-hybridized carbons (Fsp3) is 0.333. The van der Waals surface area contributed by atoms with Crippen LogP contribution in [0.4, 0.5) is 0 Å². The van der Waals surface area contributed by atoms with Crippen molar-refractivity contribution in [1.29, 1.82) is 0 Å². The largest absolute Gasteiger partial charge is 0.310 e. The first kappa shape index (κ1) is 14.7. The molecule has 0 fully saturated rings. The van der Waals surface area contributed by atoms with Crippen LogP contribution in [0.3, 0.4) is 0 Å². The first-order valence-electron chi connectivity index (χ1n) is 6.92. The molecule has 1 aromatic carbocycles. The molecule has 0 bridgehead atoms. The number of rotatable bonds is 2. The maximum absolute atomic E-state index is 11.9. The number of halogens is 1. The second-order valence-corrected chi connectivity index (χ2v) is 6.51. The third kappa shape index (κ3) is 2.50. The van der Waals surface area contributed by atoms with Crippen molar-refractivity contribution in [2.45, 2.75) is 32.9 Å². The molecule has 0 aliphatic rings. The van der Waals surface area contributed by atoms with Gasteiger partial charge in [-0.05, 0) is 32.4 Å². The summed E-state index contributed by atoms with van der Waals surface area (Å²) in [7, 11) is 0. The van der Waals surface area contributed by atoms with Crippen molar-refractivity contribution in [1.82, 2.24) is 24.5 Å². The highest BCUT2D eigenvalue weighted by molar-refractivity contribution is 6.31. The maximum Gasteiger partial charge on any atom is 0.302 e. The fourth-order valence-electron chi connectivity index (χ4n) is 2.30. The van der Waals surface area contributed by atoms with E-state index in [-0.39, 0.29) is 16.6 Å². The lowest BCUT2D eigenvalue weighted by atomic mass is 10.1. The smallest absolute Gasteiger partial charge is 0.302 e. The molecule has 0 spiro atoms. The van der Waals surface area contributed by atoms with Crippen molar-refractivity contribution in [3.05, 3.63) is 51.5 Å². The van der Waals surface area contributed by atoms with Gasteiger partial charge in [-0.1, -0.05) is 35.0 Å². The van der Waals surface area contributed by atoms with E-state index >= 15 is 0 Å². The molecule has 0 aliphatic heterocycles. The van der Waals surface area contributed by atoms with Gasteiger partial charge in [0.05, 0.1) is 6.54 Å². The molecule has 0 aliphatic carbocycles. The topological polar surface area (TPSA) is 65.6 Å². The van der Waals surface area contributed by atoms with Crippen LogP contribution in [-0.4, -0.2) is 24.5 Å². The Balaban J connectivity index is 2.21. The molecule has 0 unspecified atom stereocenters. The van der Waals surface area contributed by atoms with Gasteiger partial charge in [0.2, 0.25) is 0 Å². The van der Waals surface area contributed by atoms with Gasteiger partial charge in [-0.3, -0.25) is 4.79 Å². The monoisotopic (exact) mass is 317 g/mol. The van der Waals surface area contributed by atoms with E-state index in [4.69, 9.17) is 11.6 Å². The highest BCUT2D eigenvalue weighted by atomic mass is 35.5. The summed E-state index contributed by atoms with van der Waals surface area (Å²) < 4.78 is 3.59. The van der Waals surface area contributed by atoms with Crippen molar-refractivity contribution in [3.8, 4) is 0 Å². The number of fused-ring (bicyclic) bond motifs is 1. The molecule has 0 atom stereocenters. The lowest BCUT2D eigenvalue weighted by molar-refractivity contribution is 0.395. The molecule has 114 valence electrons. The number of hydrogen-bond donors (Lipinski definition) is 0. The molecule has 2 heterocycles. The van der Waals surface area contributed by atoms with E-state index in [0.717, 1.165) is 5.56 Å². The third-order valence-corrected chi connectivity index (χ3v) is 3.80. The summed E-state index contributed by atoms with van der Waals surface area (Å²) in [4.78, 5) is 15.8. The minimum atomic E-state index is -0.374. The number of benzene rings is 1. The minimum Gasteiger partial charge on any atom is -0.310 e. The second-order valence-electron chi connectivity index (χ2n) is 6.10. The van der Waals surface area contributed by atoms with Crippen LogP contribution in [-0.2, 0) is 12.1 Å². The molecule has 3 rings (SSSR count). The Morgan fingerprint density at radius 3 is 2.64 bits per heavy atom. The number of nitrogens with zero attached hydrogens (tertiary/aromatic N) is 5. The summed E-state index contributed by atoms with van der Waals surface area (Å²) in [6.07, 6.45) is 1.54. The predicted molar refractivity (Wildman–Crippen MR) is 85.1 cm³/mol. The van der Waals surface area contributed by atoms with Gasteiger partial charge in [0.25, 0.3) is 0 Å². The molecule has 0 saturated carbocycles. The molecule has 0 N–H and O–H groups in total. The average molecular weight is 318 g/mol. The first-order chi connectivity index (χ1) is 10.4. The zero-order valence-corrected chi connectivity index (χ0v) is 13.4. The molecular formula is C15H16ClN5O. The van der Waals surface area contributed by atoms with Crippen molar-refractivity contribution in [2.24, 2.45) is 0 Å². The molecule has 0 amide bonds. The van der Waals surface area contributed by atoms with Crippen LogP contribution in [0, 0.1) is 0 Å². The molecule has 22 heavy (non-hydrogen) atoms. The van der Waals surface area contributed by atoms with Crippen LogP contribution in [0.15, 0.2) is 35.4 Å². The van der Waals surface area contributed by atoms with Crippen molar-refractivity contribution < 1.29 is 0 Å². The molecule has 2 aromatic heterocycles. The SMILES string of the molecule is CC(C)(C)n1cnc(=O)c2nnn(Cc3ccccc3Cl)c21. The molecule has 0 radical (unpaired) electrons. The lowest BCUT2D eigenvalue weighted by Crippen LogP contribution is -2.27.